The van der Waals surface area contributed by atoms with Gasteiger partial charge in [-0.1, -0.05) is 52.0 Å². The number of halogens is 1. The molecule has 0 aliphatic rings. The third kappa shape index (κ3) is 7.32. The average molecular weight is 478 g/mol. The average Bonchev–Trinajstić information content (AvgIpc) is 2.85. The fourth-order valence-corrected chi connectivity index (χ4v) is 3.94. The molecule has 0 atom stereocenters. The molecule has 0 saturated carbocycles. The second-order valence-electron chi connectivity index (χ2n) is 9.75. The molecule has 0 aliphatic carbocycles. The molecule has 186 valence electrons. The summed E-state index contributed by atoms with van der Waals surface area (Å²) < 4.78 is 25.3. The van der Waals surface area contributed by atoms with E-state index in [0.29, 0.717) is 37.3 Å². The largest absolute Gasteiger partial charge is 0.497 e. The van der Waals surface area contributed by atoms with E-state index in [9.17, 15) is 9.18 Å². The van der Waals surface area contributed by atoms with Crippen molar-refractivity contribution >= 4 is 11.7 Å². The number of methoxy groups -OCH3 is 1. The SMILES string of the molecule is CCCOC(=O)CCc1ccc(NCc2ccc(C(C)(C)C)c(-c3cc(OC)ccc3F)c2)cc1. The van der Waals surface area contributed by atoms with E-state index in [2.05, 4.69) is 44.3 Å². The molecule has 4 nitrogen and oxygen atoms in total. The maximum Gasteiger partial charge on any atom is 0.306 e. The predicted octanol–water partition coefficient (Wildman–Crippen LogP) is 7.30. The summed E-state index contributed by atoms with van der Waals surface area (Å²) in [5, 5.41) is 3.44. The first-order valence-electron chi connectivity index (χ1n) is 12.2. The number of hydrogen-bond acceptors (Lipinski definition) is 4. The molecular formula is C30H36FNO3. The molecule has 0 unspecified atom stereocenters. The quantitative estimate of drug-likeness (QED) is 0.311. The maximum absolute atomic E-state index is 14.9. The monoisotopic (exact) mass is 477 g/mol. The van der Waals surface area contributed by atoms with Crippen LogP contribution < -0.4 is 10.1 Å². The first kappa shape index (κ1) is 26.3. The summed E-state index contributed by atoms with van der Waals surface area (Å²) in [5.74, 6) is 0.204. The van der Waals surface area contributed by atoms with Gasteiger partial charge in [-0.05, 0) is 76.9 Å². The maximum atomic E-state index is 14.9. The molecule has 0 aliphatic heterocycles. The van der Waals surface area contributed by atoms with Gasteiger partial charge < -0.3 is 14.8 Å². The van der Waals surface area contributed by atoms with Crippen molar-refractivity contribution in [3.63, 3.8) is 0 Å². The Labute approximate surface area is 208 Å². The van der Waals surface area contributed by atoms with Crippen molar-refractivity contribution in [3.05, 3.63) is 83.2 Å². The Kier molecular flexibility index (Phi) is 8.91. The first-order chi connectivity index (χ1) is 16.7. The van der Waals surface area contributed by atoms with Crippen molar-refractivity contribution in [2.75, 3.05) is 19.0 Å². The minimum atomic E-state index is -0.268. The molecule has 3 rings (SSSR count). The summed E-state index contributed by atoms with van der Waals surface area (Å²) in [6.45, 7) is 9.46. The van der Waals surface area contributed by atoms with Crippen LogP contribution in [0.5, 0.6) is 5.75 Å². The van der Waals surface area contributed by atoms with Crippen LogP contribution in [0, 0.1) is 5.82 Å². The topological polar surface area (TPSA) is 47.6 Å². The number of esters is 1. The van der Waals surface area contributed by atoms with Crippen molar-refractivity contribution < 1.29 is 18.7 Å². The third-order valence-electron chi connectivity index (χ3n) is 5.89. The zero-order valence-corrected chi connectivity index (χ0v) is 21.4. The summed E-state index contributed by atoms with van der Waals surface area (Å²) >= 11 is 0. The van der Waals surface area contributed by atoms with Gasteiger partial charge in [0.1, 0.15) is 11.6 Å². The van der Waals surface area contributed by atoms with E-state index < -0.39 is 0 Å². The fourth-order valence-electron chi connectivity index (χ4n) is 3.94. The minimum absolute atomic E-state index is 0.143. The Morgan fingerprint density at radius 2 is 1.66 bits per heavy atom. The Balaban J connectivity index is 1.73. The molecule has 0 aromatic heterocycles. The van der Waals surface area contributed by atoms with Crippen LogP contribution in [0.2, 0.25) is 0 Å². The molecule has 5 heteroatoms. The van der Waals surface area contributed by atoms with Crippen LogP contribution >= 0.6 is 0 Å². The van der Waals surface area contributed by atoms with E-state index in [0.717, 1.165) is 34.4 Å². The molecule has 1 N–H and O–H groups in total. The molecule has 35 heavy (non-hydrogen) atoms. The summed E-state index contributed by atoms with van der Waals surface area (Å²) in [5.41, 5.74) is 5.48. The van der Waals surface area contributed by atoms with Crippen LogP contribution in [0.15, 0.2) is 60.7 Å². The second-order valence-corrected chi connectivity index (χ2v) is 9.75. The molecule has 0 heterocycles. The molecule has 0 bridgehead atoms. The highest BCUT2D eigenvalue weighted by molar-refractivity contribution is 5.72. The lowest BCUT2D eigenvalue weighted by molar-refractivity contribution is -0.143. The van der Waals surface area contributed by atoms with Crippen LogP contribution in [-0.2, 0) is 27.9 Å². The van der Waals surface area contributed by atoms with E-state index in [1.165, 1.54) is 6.07 Å². The molecule has 0 saturated heterocycles. The van der Waals surface area contributed by atoms with Gasteiger partial charge in [-0.15, -0.1) is 0 Å². The van der Waals surface area contributed by atoms with Gasteiger partial charge in [0.25, 0.3) is 0 Å². The van der Waals surface area contributed by atoms with E-state index in [4.69, 9.17) is 9.47 Å². The van der Waals surface area contributed by atoms with Crippen molar-refractivity contribution in [1.29, 1.82) is 0 Å². The minimum Gasteiger partial charge on any atom is -0.497 e. The van der Waals surface area contributed by atoms with Gasteiger partial charge in [-0.3, -0.25) is 4.79 Å². The van der Waals surface area contributed by atoms with Gasteiger partial charge in [0, 0.05) is 24.2 Å². The number of hydrogen-bond donors (Lipinski definition) is 1. The number of carbonyl (C=O) groups is 1. The fraction of sp³-hybridized carbons (Fsp3) is 0.367. The summed E-state index contributed by atoms with van der Waals surface area (Å²) in [7, 11) is 1.59. The third-order valence-corrected chi connectivity index (χ3v) is 5.89. The number of carbonyl (C=O) groups excluding carboxylic acids is 1. The number of benzene rings is 3. The molecule has 0 spiro atoms. The van der Waals surface area contributed by atoms with E-state index >= 15 is 0 Å². The van der Waals surface area contributed by atoms with E-state index in [-0.39, 0.29) is 17.2 Å². The summed E-state index contributed by atoms with van der Waals surface area (Å²) in [6, 6.07) is 19.2. The van der Waals surface area contributed by atoms with Crippen molar-refractivity contribution in [1.82, 2.24) is 0 Å². The highest BCUT2D eigenvalue weighted by Gasteiger charge is 2.21. The van der Waals surface area contributed by atoms with Crippen molar-refractivity contribution in [2.45, 2.75) is 58.9 Å². The Morgan fingerprint density at radius 1 is 0.943 bits per heavy atom. The lowest BCUT2D eigenvalue weighted by atomic mass is 9.81. The van der Waals surface area contributed by atoms with Crippen molar-refractivity contribution in [3.8, 4) is 16.9 Å². The standard InChI is InChI=1S/C30H36FNO3/c1-6-17-35-29(33)16-10-21-7-11-23(12-8-21)32-20-22-9-14-27(30(2,3)4)25(18-22)26-19-24(34-5)13-15-28(26)31/h7-9,11-15,18-19,32H,6,10,16-17,20H2,1-5H3. The first-order valence-corrected chi connectivity index (χ1v) is 12.2. The predicted molar refractivity (Wildman–Crippen MR) is 140 cm³/mol. The lowest BCUT2D eigenvalue weighted by Gasteiger charge is -2.24. The van der Waals surface area contributed by atoms with Gasteiger partial charge >= 0.3 is 5.97 Å². The van der Waals surface area contributed by atoms with Crippen LogP contribution in [-0.4, -0.2) is 19.7 Å². The number of nitrogens with one attached hydrogen (secondary N) is 1. The summed E-state index contributed by atoms with van der Waals surface area (Å²) in [4.78, 5) is 11.7. The Hall–Kier alpha value is -3.34. The van der Waals surface area contributed by atoms with E-state index in [1.807, 2.05) is 31.2 Å². The Morgan fingerprint density at radius 3 is 2.31 bits per heavy atom. The van der Waals surface area contributed by atoms with E-state index in [1.54, 1.807) is 19.2 Å². The molecule has 0 amide bonds. The van der Waals surface area contributed by atoms with Crippen LogP contribution in [0.1, 0.15) is 57.2 Å². The zero-order valence-electron chi connectivity index (χ0n) is 21.4. The molecule has 0 fully saturated rings. The highest BCUT2D eigenvalue weighted by Crippen LogP contribution is 2.36. The number of anilines is 1. The van der Waals surface area contributed by atoms with Crippen LogP contribution in [0.3, 0.4) is 0 Å². The Bertz CT molecular complexity index is 1130. The number of ether oxygens (including phenoxy) is 2. The van der Waals surface area contributed by atoms with Gasteiger partial charge in [0.2, 0.25) is 0 Å². The van der Waals surface area contributed by atoms with Gasteiger partial charge in [-0.2, -0.15) is 0 Å². The molecule has 3 aromatic rings. The molecule has 3 aromatic carbocycles. The highest BCUT2D eigenvalue weighted by atomic mass is 19.1. The van der Waals surface area contributed by atoms with Crippen molar-refractivity contribution in [2.24, 2.45) is 0 Å². The van der Waals surface area contributed by atoms with Gasteiger partial charge in [-0.25, -0.2) is 4.39 Å². The summed E-state index contributed by atoms with van der Waals surface area (Å²) in [6.07, 6.45) is 1.88. The normalized spacial score (nSPS) is 11.3. The van der Waals surface area contributed by atoms with Crippen LogP contribution in [0.25, 0.3) is 11.1 Å². The smallest absolute Gasteiger partial charge is 0.306 e. The molecule has 0 radical (unpaired) electrons. The number of aryl methyl sites for hydroxylation is 1. The molecular weight excluding hydrogens is 441 g/mol. The number of rotatable bonds is 10. The lowest BCUT2D eigenvalue weighted by Crippen LogP contribution is -2.14. The second kappa shape index (κ2) is 11.9. The van der Waals surface area contributed by atoms with Gasteiger partial charge in [0.15, 0.2) is 0 Å². The van der Waals surface area contributed by atoms with Crippen LogP contribution in [0.4, 0.5) is 10.1 Å². The zero-order chi connectivity index (χ0) is 25.4. The van der Waals surface area contributed by atoms with Gasteiger partial charge in [0.05, 0.1) is 13.7 Å².